The number of rotatable bonds is 7. The van der Waals surface area contributed by atoms with Crippen molar-refractivity contribution in [3.05, 3.63) is 23.2 Å². The van der Waals surface area contributed by atoms with Crippen molar-refractivity contribution in [3.63, 3.8) is 0 Å². The lowest BCUT2D eigenvalue weighted by atomic mass is 9.86. The molecule has 2 aromatic heterocycles. The van der Waals surface area contributed by atoms with E-state index in [9.17, 15) is 9.59 Å². The fraction of sp³-hybridized carbons (Fsp3) is 0.652. The van der Waals surface area contributed by atoms with Gasteiger partial charge in [0, 0.05) is 25.8 Å². The molecule has 0 saturated heterocycles. The van der Waals surface area contributed by atoms with Crippen LogP contribution >= 0.6 is 11.3 Å². The number of carbonyl (C=O) groups is 2. The molecule has 1 aliphatic carbocycles. The Balaban J connectivity index is 1.60. The number of ether oxygens (including phenoxy) is 1. The van der Waals surface area contributed by atoms with E-state index in [4.69, 9.17) is 4.74 Å². The van der Waals surface area contributed by atoms with Gasteiger partial charge in [0.1, 0.15) is 11.2 Å². The SMILES string of the molecule is CCOCCCN1C(=O)c2cc3sccc3n2CC1(C)C(=O)NC1CCC(C)CC1. The Bertz CT molecular complexity index is 912. The number of fused-ring (bicyclic) bond motifs is 3. The minimum Gasteiger partial charge on any atom is -0.382 e. The molecule has 1 fully saturated rings. The standard InChI is InChI=1S/C23H33N3O3S/c1-4-29-12-5-11-26-21(27)19-14-20-18(10-13-30-20)25(19)15-23(26,3)22(28)24-17-8-6-16(2)7-9-17/h10,13-14,16-17H,4-9,11-12,15H2,1-3H3,(H,24,28). The average molecular weight is 432 g/mol. The first-order chi connectivity index (χ1) is 14.4. The highest BCUT2D eigenvalue weighted by Crippen LogP contribution is 2.35. The van der Waals surface area contributed by atoms with E-state index in [0.29, 0.717) is 32.0 Å². The molecule has 1 aliphatic heterocycles. The molecule has 3 heterocycles. The van der Waals surface area contributed by atoms with Gasteiger partial charge in [0.25, 0.3) is 5.91 Å². The summed E-state index contributed by atoms with van der Waals surface area (Å²) in [6.45, 7) is 8.42. The largest absolute Gasteiger partial charge is 0.382 e. The predicted octanol–water partition coefficient (Wildman–Crippen LogP) is 4.04. The minimum absolute atomic E-state index is 0.0328. The van der Waals surface area contributed by atoms with Crippen LogP contribution in [0.15, 0.2) is 17.5 Å². The number of nitrogens with one attached hydrogen (secondary N) is 1. The zero-order valence-electron chi connectivity index (χ0n) is 18.3. The van der Waals surface area contributed by atoms with E-state index in [2.05, 4.69) is 12.2 Å². The minimum atomic E-state index is -0.909. The molecule has 1 atom stereocenters. The van der Waals surface area contributed by atoms with Crippen LogP contribution in [0.5, 0.6) is 0 Å². The van der Waals surface area contributed by atoms with Crippen LogP contribution in [0.25, 0.3) is 10.2 Å². The van der Waals surface area contributed by atoms with Gasteiger partial charge in [-0.15, -0.1) is 11.3 Å². The van der Waals surface area contributed by atoms with Crippen molar-refractivity contribution in [2.45, 2.75) is 71.0 Å². The fourth-order valence-corrected chi connectivity index (χ4v) is 5.66. The molecule has 1 saturated carbocycles. The zero-order chi connectivity index (χ0) is 21.3. The highest BCUT2D eigenvalue weighted by atomic mass is 32.1. The fourth-order valence-electron chi connectivity index (χ4n) is 4.84. The highest BCUT2D eigenvalue weighted by molar-refractivity contribution is 7.17. The Morgan fingerprint density at radius 3 is 2.83 bits per heavy atom. The summed E-state index contributed by atoms with van der Waals surface area (Å²) in [4.78, 5) is 28.8. The van der Waals surface area contributed by atoms with Crippen LogP contribution in [0.1, 0.15) is 63.4 Å². The van der Waals surface area contributed by atoms with Gasteiger partial charge in [-0.3, -0.25) is 9.59 Å². The summed E-state index contributed by atoms with van der Waals surface area (Å²) in [6, 6.07) is 4.22. The molecule has 0 spiro atoms. The third-order valence-electron chi connectivity index (χ3n) is 6.76. The monoisotopic (exact) mass is 431 g/mol. The third kappa shape index (κ3) is 3.89. The van der Waals surface area contributed by atoms with Gasteiger partial charge in [-0.05, 0) is 69.4 Å². The van der Waals surface area contributed by atoms with Gasteiger partial charge >= 0.3 is 0 Å². The summed E-state index contributed by atoms with van der Waals surface area (Å²) in [5.74, 6) is 0.639. The van der Waals surface area contributed by atoms with Crippen LogP contribution in [0.4, 0.5) is 0 Å². The molecule has 2 amide bonds. The van der Waals surface area contributed by atoms with E-state index in [1.54, 1.807) is 16.2 Å². The molecule has 0 radical (unpaired) electrons. The zero-order valence-corrected chi connectivity index (χ0v) is 19.1. The number of aromatic nitrogens is 1. The van der Waals surface area contributed by atoms with Crippen molar-refractivity contribution in [2.75, 3.05) is 19.8 Å². The summed E-state index contributed by atoms with van der Waals surface area (Å²) in [5.41, 5.74) is 0.820. The number of hydrogen-bond donors (Lipinski definition) is 1. The van der Waals surface area contributed by atoms with Gasteiger partial charge in [0.05, 0.1) is 16.8 Å². The van der Waals surface area contributed by atoms with E-state index in [0.717, 1.165) is 48.2 Å². The van der Waals surface area contributed by atoms with Crippen molar-refractivity contribution < 1.29 is 14.3 Å². The molecule has 1 unspecified atom stereocenters. The lowest BCUT2D eigenvalue weighted by molar-refractivity contribution is -0.134. The lowest BCUT2D eigenvalue weighted by Crippen LogP contribution is -2.65. The van der Waals surface area contributed by atoms with Crippen molar-refractivity contribution in [1.29, 1.82) is 0 Å². The first-order valence-corrected chi connectivity index (χ1v) is 12.1. The normalized spacial score (nSPS) is 26.8. The van der Waals surface area contributed by atoms with E-state index in [1.807, 2.05) is 35.9 Å². The summed E-state index contributed by atoms with van der Waals surface area (Å²) >= 11 is 1.63. The molecule has 2 aromatic rings. The van der Waals surface area contributed by atoms with Crippen molar-refractivity contribution in [3.8, 4) is 0 Å². The topological polar surface area (TPSA) is 63.6 Å². The van der Waals surface area contributed by atoms with Crippen molar-refractivity contribution >= 4 is 33.4 Å². The number of thiophene rings is 1. The first kappa shape index (κ1) is 21.4. The van der Waals surface area contributed by atoms with Gasteiger partial charge in [-0.1, -0.05) is 6.92 Å². The number of nitrogens with zero attached hydrogens (tertiary/aromatic N) is 2. The molecule has 0 bridgehead atoms. The number of hydrogen-bond acceptors (Lipinski definition) is 4. The Hall–Kier alpha value is -1.86. The highest BCUT2D eigenvalue weighted by Gasteiger charge is 2.48. The van der Waals surface area contributed by atoms with E-state index in [-0.39, 0.29) is 17.9 Å². The molecule has 0 aromatic carbocycles. The van der Waals surface area contributed by atoms with Crippen LogP contribution in [-0.2, 0) is 16.1 Å². The molecular weight excluding hydrogens is 398 g/mol. The first-order valence-electron chi connectivity index (χ1n) is 11.2. The van der Waals surface area contributed by atoms with Crippen LogP contribution in [0, 0.1) is 5.92 Å². The second-order valence-electron chi connectivity index (χ2n) is 9.00. The lowest BCUT2D eigenvalue weighted by Gasteiger charge is -2.45. The Morgan fingerprint density at radius 1 is 1.33 bits per heavy atom. The maximum atomic E-state index is 13.6. The summed E-state index contributed by atoms with van der Waals surface area (Å²) in [5, 5.41) is 5.33. The Morgan fingerprint density at radius 2 is 2.10 bits per heavy atom. The van der Waals surface area contributed by atoms with Crippen LogP contribution in [-0.4, -0.2) is 52.6 Å². The van der Waals surface area contributed by atoms with Gasteiger partial charge < -0.3 is 19.5 Å². The molecule has 4 rings (SSSR count). The van der Waals surface area contributed by atoms with Gasteiger partial charge in [0.15, 0.2) is 0 Å². The predicted molar refractivity (Wildman–Crippen MR) is 120 cm³/mol. The third-order valence-corrected chi connectivity index (χ3v) is 7.62. The summed E-state index contributed by atoms with van der Waals surface area (Å²) in [6.07, 6.45) is 5.06. The Labute approximate surface area is 182 Å². The van der Waals surface area contributed by atoms with Gasteiger partial charge in [0.2, 0.25) is 5.91 Å². The Kier molecular flexibility index (Phi) is 6.21. The second-order valence-corrected chi connectivity index (χ2v) is 9.94. The summed E-state index contributed by atoms with van der Waals surface area (Å²) in [7, 11) is 0. The molecule has 1 N–H and O–H groups in total. The molecule has 30 heavy (non-hydrogen) atoms. The molecular formula is C23H33N3O3S. The summed E-state index contributed by atoms with van der Waals surface area (Å²) < 4.78 is 8.62. The maximum absolute atomic E-state index is 13.6. The quantitative estimate of drug-likeness (QED) is 0.673. The molecule has 2 aliphatic rings. The smallest absolute Gasteiger partial charge is 0.271 e. The van der Waals surface area contributed by atoms with Crippen molar-refractivity contribution in [1.82, 2.24) is 14.8 Å². The molecule has 7 heteroatoms. The van der Waals surface area contributed by atoms with E-state index >= 15 is 0 Å². The molecule has 164 valence electrons. The number of amides is 2. The van der Waals surface area contributed by atoms with Gasteiger partial charge in [-0.25, -0.2) is 0 Å². The van der Waals surface area contributed by atoms with Crippen molar-refractivity contribution in [2.24, 2.45) is 5.92 Å². The van der Waals surface area contributed by atoms with Crippen LogP contribution in [0.2, 0.25) is 0 Å². The second kappa shape index (κ2) is 8.71. The van der Waals surface area contributed by atoms with Gasteiger partial charge in [-0.2, -0.15) is 0 Å². The maximum Gasteiger partial charge on any atom is 0.271 e. The van der Waals surface area contributed by atoms with Crippen LogP contribution < -0.4 is 5.32 Å². The number of carbonyl (C=O) groups excluding carboxylic acids is 2. The molecule has 6 nitrogen and oxygen atoms in total. The average Bonchev–Trinajstić information content (AvgIpc) is 3.31. The van der Waals surface area contributed by atoms with E-state index < -0.39 is 5.54 Å². The van der Waals surface area contributed by atoms with Crippen LogP contribution in [0.3, 0.4) is 0 Å². The van der Waals surface area contributed by atoms with E-state index in [1.165, 1.54) is 0 Å².